The van der Waals surface area contributed by atoms with E-state index in [0.29, 0.717) is 19.3 Å². The van der Waals surface area contributed by atoms with Gasteiger partial charge < -0.3 is 10.0 Å². The minimum Gasteiger partial charge on any atom is -0.390 e. The number of amides is 1. The fraction of sp³-hybridized carbons (Fsp3) is 0.909. The Kier molecular flexibility index (Phi) is 1.45. The average Bonchev–Trinajstić information content (AvgIpc) is 2.79. The first-order chi connectivity index (χ1) is 6.53. The molecule has 1 amide bonds. The van der Waals surface area contributed by atoms with Crippen molar-refractivity contribution in [3.63, 3.8) is 0 Å². The van der Waals surface area contributed by atoms with Gasteiger partial charge in [0.2, 0.25) is 5.91 Å². The molecule has 14 heavy (non-hydrogen) atoms. The highest BCUT2D eigenvalue weighted by atomic mass is 16.3. The van der Waals surface area contributed by atoms with E-state index in [0.717, 1.165) is 12.5 Å². The molecule has 4 aliphatic rings. The molecule has 4 rings (SSSR count). The third-order valence-corrected chi connectivity index (χ3v) is 4.03. The summed E-state index contributed by atoms with van der Waals surface area (Å²) in [7, 11) is 1.91. The average molecular weight is 195 g/mol. The van der Waals surface area contributed by atoms with Crippen molar-refractivity contribution in [2.75, 3.05) is 13.6 Å². The van der Waals surface area contributed by atoms with Crippen LogP contribution >= 0.6 is 0 Å². The summed E-state index contributed by atoms with van der Waals surface area (Å²) in [6.45, 7) is 0.930. The van der Waals surface area contributed by atoms with Gasteiger partial charge in [0.1, 0.15) is 0 Å². The van der Waals surface area contributed by atoms with E-state index in [2.05, 4.69) is 0 Å². The molecule has 0 aromatic carbocycles. The topological polar surface area (TPSA) is 40.5 Å². The number of carbonyl (C=O) groups excluding carboxylic acids is 1. The molecule has 0 saturated heterocycles. The number of aliphatic hydroxyl groups is 1. The van der Waals surface area contributed by atoms with E-state index in [1.54, 1.807) is 0 Å². The number of hydrogen-bond donors (Lipinski definition) is 1. The van der Waals surface area contributed by atoms with Crippen molar-refractivity contribution >= 4 is 5.91 Å². The van der Waals surface area contributed by atoms with E-state index >= 15 is 0 Å². The van der Waals surface area contributed by atoms with Crippen molar-refractivity contribution < 1.29 is 9.90 Å². The van der Waals surface area contributed by atoms with Crippen LogP contribution in [0.5, 0.6) is 0 Å². The van der Waals surface area contributed by atoms with Crippen molar-refractivity contribution in [2.45, 2.75) is 37.7 Å². The van der Waals surface area contributed by atoms with Crippen molar-refractivity contribution in [3.8, 4) is 0 Å². The SMILES string of the molecule is CN(CC1CC1)C(=O)C12CC(O)(C1)C2. The smallest absolute Gasteiger partial charge is 0.228 e. The summed E-state index contributed by atoms with van der Waals surface area (Å²) >= 11 is 0. The molecule has 0 spiro atoms. The zero-order chi connectivity index (χ0) is 9.97. The molecule has 78 valence electrons. The largest absolute Gasteiger partial charge is 0.390 e. The monoisotopic (exact) mass is 195 g/mol. The Morgan fingerprint density at radius 2 is 2.00 bits per heavy atom. The van der Waals surface area contributed by atoms with E-state index < -0.39 is 5.60 Å². The predicted molar refractivity (Wildman–Crippen MR) is 51.6 cm³/mol. The highest BCUT2D eigenvalue weighted by Gasteiger charge is 2.71. The van der Waals surface area contributed by atoms with Gasteiger partial charge in [-0.15, -0.1) is 0 Å². The zero-order valence-electron chi connectivity index (χ0n) is 8.62. The van der Waals surface area contributed by atoms with Gasteiger partial charge in [-0.2, -0.15) is 0 Å². The minimum absolute atomic E-state index is 0.140. The Morgan fingerprint density at radius 3 is 2.43 bits per heavy atom. The van der Waals surface area contributed by atoms with E-state index in [4.69, 9.17) is 0 Å². The van der Waals surface area contributed by atoms with Crippen LogP contribution in [0.15, 0.2) is 0 Å². The van der Waals surface area contributed by atoms with Crippen LogP contribution in [-0.2, 0) is 4.79 Å². The highest BCUT2D eigenvalue weighted by Crippen LogP contribution is 2.67. The minimum atomic E-state index is -0.448. The summed E-state index contributed by atoms with van der Waals surface area (Å²) in [6, 6.07) is 0. The van der Waals surface area contributed by atoms with Crippen LogP contribution in [-0.4, -0.2) is 35.1 Å². The molecule has 0 aliphatic heterocycles. The molecule has 4 aliphatic carbocycles. The maximum Gasteiger partial charge on any atom is 0.228 e. The summed E-state index contributed by atoms with van der Waals surface area (Å²) in [5.41, 5.74) is -0.589. The first kappa shape index (κ1) is 8.72. The van der Waals surface area contributed by atoms with Gasteiger partial charge in [-0.25, -0.2) is 0 Å². The van der Waals surface area contributed by atoms with Gasteiger partial charge in [0.15, 0.2) is 0 Å². The summed E-state index contributed by atoms with van der Waals surface area (Å²) in [5, 5.41) is 9.60. The molecule has 4 saturated carbocycles. The maximum atomic E-state index is 12.0. The standard InChI is InChI=1S/C11H17NO2/c1-12(4-8-2-3-8)9(13)10-5-11(14,6-10)7-10/h8,14H,2-7H2,1H3. The summed E-state index contributed by atoms with van der Waals surface area (Å²) < 4.78 is 0. The molecule has 3 nitrogen and oxygen atoms in total. The van der Waals surface area contributed by atoms with Crippen LogP contribution in [0.2, 0.25) is 0 Å². The van der Waals surface area contributed by atoms with E-state index in [1.807, 2.05) is 11.9 Å². The van der Waals surface area contributed by atoms with Crippen LogP contribution in [0.4, 0.5) is 0 Å². The van der Waals surface area contributed by atoms with Crippen LogP contribution in [0.1, 0.15) is 32.1 Å². The van der Waals surface area contributed by atoms with Crippen molar-refractivity contribution in [2.24, 2.45) is 11.3 Å². The summed E-state index contributed by atoms with van der Waals surface area (Å²) in [5.74, 6) is 1.04. The van der Waals surface area contributed by atoms with E-state index in [-0.39, 0.29) is 11.3 Å². The Morgan fingerprint density at radius 1 is 1.43 bits per heavy atom. The molecule has 0 unspecified atom stereocenters. The van der Waals surface area contributed by atoms with Gasteiger partial charge in [-0.05, 0) is 38.0 Å². The van der Waals surface area contributed by atoms with Gasteiger partial charge in [0.25, 0.3) is 0 Å². The molecule has 1 N–H and O–H groups in total. The van der Waals surface area contributed by atoms with Crippen molar-refractivity contribution in [1.82, 2.24) is 4.90 Å². The van der Waals surface area contributed by atoms with Gasteiger partial charge in [0.05, 0.1) is 11.0 Å². The van der Waals surface area contributed by atoms with Crippen LogP contribution < -0.4 is 0 Å². The molecule has 2 bridgehead atoms. The predicted octanol–water partition coefficient (Wildman–Crippen LogP) is 0.770. The zero-order valence-corrected chi connectivity index (χ0v) is 8.62. The van der Waals surface area contributed by atoms with Gasteiger partial charge in [-0.1, -0.05) is 0 Å². The molecular formula is C11H17NO2. The van der Waals surface area contributed by atoms with Gasteiger partial charge >= 0.3 is 0 Å². The van der Waals surface area contributed by atoms with Crippen LogP contribution in [0.3, 0.4) is 0 Å². The Labute approximate surface area is 84.1 Å². The normalized spacial score (nSPS) is 43.9. The van der Waals surface area contributed by atoms with E-state index in [1.165, 1.54) is 12.8 Å². The van der Waals surface area contributed by atoms with Gasteiger partial charge in [-0.3, -0.25) is 4.79 Å². The Balaban J connectivity index is 1.60. The first-order valence-corrected chi connectivity index (χ1v) is 5.51. The van der Waals surface area contributed by atoms with Gasteiger partial charge in [0, 0.05) is 13.6 Å². The van der Waals surface area contributed by atoms with Crippen molar-refractivity contribution in [3.05, 3.63) is 0 Å². The number of nitrogens with zero attached hydrogens (tertiary/aromatic N) is 1. The lowest BCUT2D eigenvalue weighted by Gasteiger charge is -2.66. The molecule has 0 heterocycles. The fourth-order valence-electron chi connectivity index (χ4n) is 3.14. The summed E-state index contributed by atoms with van der Waals surface area (Å²) in [6.07, 6.45) is 4.72. The summed E-state index contributed by atoms with van der Waals surface area (Å²) in [4.78, 5) is 13.9. The molecule has 4 fully saturated rings. The number of rotatable bonds is 3. The maximum absolute atomic E-state index is 12.0. The van der Waals surface area contributed by atoms with Crippen LogP contribution in [0, 0.1) is 11.3 Å². The second-order valence-electron chi connectivity index (χ2n) is 5.66. The molecule has 0 aromatic rings. The lowest BCUT2D eigenvalue weighted by Crippen LogP contribution is -2.72. The second-order valence-corrected chi connectivity index (χ2v) is 5.66. The third kappa shape index (κ3) is 1.05. The lowest BCUT2D eigenvalue weighted by molar-refractivity contribution is -0.255. The highest BCUT2D eigenvalue weighted by molar-refractivity contribution is 5.86. The molecule has 0 radical (unpaired) electrons. The van der Waals surface area contributed by atoms with Crippen LogP contribution in [0.25, 0.3) is 0 Å². The number of hydrogen-bond acceptors (Lipinski definition) is 2. The lowest BCUT2D eigenvalue weighted by atomic mass is 9.41. The Hall–Kier alpha value is -0.570. The third-order valence-electron chi connectivity index (χ3n) is 4.03. The molecule has 3 heteroatoms. The molecular weight excluding hydrogens is 178 g/mol. The number of carbonyl (C=O) groups is 1. The second kappa shape index (κ2) is 2.32. The van der Waals surface area contributed by atoms with Crippen molar-refractivity contribution in [1.29, 1.82) is 0 Å². The Bertz CT molecular complexity index is 276. The molecule has 0 aromatic heterocycles. The first-order valence-electron chi connectivity index (χ1n) is 5.51. The fourth-order valence-corrected chi connectivity index (χ4v) is 3.14. The molecule has 0 atom stereocenters. The van der Waals surface area contributed by atoms with E-state index in [9.17, 15) is 9.90 Å². The quantitative estimate of drug-likeness (QED) is 0.722.